The van der Waals surface area contributed by atoms with Gasteiger partial charge in [-0.2, -0.15) is 0 Å². The first-order valence-electron chi connectivity index (χ1n) is 8.30. The van der Waals surface area contributed by atoms with Crippen LogP contribution in [0.3, 0.4) is 0 Å². The minimum absolute atomic E-state index is 0.193. The fraction of sp³-hybridized carbons (Fsp3) is 0.0952. The molecule has 2 N–H and O–H groups in total. The lowest BCUT2D eigenvalue weighted by atomic mass is 9.89. The number of carboxylic acids is 1. The van der Waals surface area contributed by atoms with Gasteiger partial charge in [-0.15, -0.1) is 0 Å². The summed E-state index contributed by atoms with van der Waals surface area (Å²) >= 11 is 0. The molecule has 5 heteroatoms. The molecule has 1 heterocycles. The van der Waals surface area contributed by atoms with Gasteiger partial charge in [-0.1, -0.05) is 54.6 Å². The predicted octanol–water partition coefficient (Wildman–Crippen LogP) is 3.08. The van der Waals surface area contributed by atoms with Gasteiger partial charge in [-0.25, -0.2) is 4.79 Å². The van der Waals surface area contributed by atoms with Gasteiger partial charge in [0, 0.05) is 12.1 Å². The van der Waals surface area contributed by atoms with Gasteiger partial charge in [0.1, 0.15) is 11.7 Å². The quantitative estimate of drug-likeness (QED) is 0.762. The third-order valence-electron chi connectivity index (χ3n) is 4.67. The molecular formula is C21H16N2O3. The number of carbonyl (C=O) groups is 2. The van der Waals surface area contributed by atoms with Crippen molar-refractivity contribution < 1.29 is 14.7 Å². The summed E-state index contributed by atoms with van der Waals surface area (Å²) < 4.78 is 0. The van der Waals surface area contributed by atoms with Gasteiger partial charge >= 0.3 is 5.97 Å². The third kappa shape index (κ3) is 2.63. The number of rotatable bonds is 4. The van der Waals surface area contributed by atoms with E-state index in [0.29, 0.717) is 0 Å². The molecule has 4 rings (SSSR count). The van der Waals surface area contributed by atoms with Gasteiger partial charge in [0.05, 0.1) is 0 Å². The van der Waals surface area contributed by atoms with Crippen LogP contribution in [0.15, 0.2) is 72.9 Å². The minimum atomic E-state index is -1.09. The molecule has 2 aromatic carbocycles. The Hall–Kier alpha value is -3.47. The van der Waals surface area contributed by atoms with Crippen molar-refractivity contribution in [1.82, 2.24) is 10.3 Å². The first-order valence-corrected chi connectivity index (χ1v) is 8.30. The summed E-state index contributed by atoms with van der Waals surface area (Å²) in [4.78, 5) is 28.5. The van der Waals surface area contributed by atoms with Crippen molar-refractivity contribution in [2.45, 2.75) is 12.0 Å². The highest BCUT2D eigenvalue weighted by Gasteiger charge is 2.39. The molecule has 1 aliphatic rings. The largest absolute Gasteiger partial charge is 0.480 e. The normalized spacial score (nSPS) is 13.5. The number of hydrogen-bond acceptors (Lipinski definition) is 3. The Kier molecular flexibility index (Phi) is 3.97. The third-order valence-corrected chi connectivity index (χ3v) is 4.67. The van der Waals surface area contributed by atoms with Crippen molar-refractivity contribution in [3.05, 3.63) is 89.7 Å². The van der Waals surface area contributed by atoms with Crippen molar-refractivity contribution in [2.75, 3.05) is 0 Å². The van der Waals surface area contributed by atoms with Gasteiger partial charge in [-0.05, 0) is 34.4 Å². The van der Waals surface area contributed by atoms with Crippen LogP contribution in [0.1, 0.15) is 27.5 Å². The van der Waals surface area contributed by atoms with E-state index in [4.69, 9.17) is 0 Å². The maximum absolute atomic E-state index is 12.5. The van der Waals surface area contributed by atoms with Gasteiger partial charge in [0.15, 0.2) is 0 Å². The van der Waals surface area contributed by atoms with Crippen molar-refractivity contribution in [2.24, 2.45) is 0 Å². The second kappa shape index (κ2) is 6.44. The highest BCUT2D eigenvalue weighted by Crippen LogP contribution is 2.46. The average molecular weight is 344 g/mol. The van der Waals surface area contributed by atoms with Crippen LogP contribution in [0, 0.1) is 0 Å². The zero-order chi connectivity index (χ0) is 18.1. The highest BCUT2D eigenvalue weighted by atomic mass is 16.4. The number of carbonyl (C=O) groups excluding carboxylic acids is 1. The van der Waals surface area contributed by atoms with Gasteiger partial charge in [-0.3, -0.25) is 9.78 Å². The van der Waals surface area contributed by atoms with Gasteiger partial charge in [0.2, 0.25) is 0 Å². The van der Waals surface area contributed by atoms with E-state index in [1.807, 2.05) is 48.5 Å². The maximum atomic E-state index is 12.5. The van der Waals surface area contributed by atoms with E-state index in [0.717, 1.165) is 22.3 Å². The Labute approximate surface area is 150 Å². The summed E-state index contributed by atoms with van der Waals surface area (Å²) in [6.07, 6.45) is 1.50. The summed E-state index contributed by atoms with van der Waals surface area (Å²) in [7, 11) is 0. The number of aromatic nitrogens is 1. The number of carboxylic acid groups (broad SMARTS) is 1. The van der Waals surface area contributed by atoms with Crippen molar-refractivity contribution in [3.63, 3.8) is 0 Å². The number of aliphatic carboxylic acids is 1. The van der Waals surface area contributed by atoms with Crippen LogP contribution in [-0.2, 0) is 4.79 Å². The van der Waals surface area contributed by atoms with E-state index >= 15 is 0 Å². The number of amides is 1. The highest BCUT2D eigenvalue weighted by molar-refractivity contribution is 5.96. The standard InChI is InChI=1S/C21H16N2O3/c24-20(17-11-5-6-12-22-17)23-19(21(25)26)18-15-9-3-1-7-13(15)14-8-2-4-10-16(14)18/h1-12,18-19H,(H,23,24)(H,25,26)/t19-/m0/s1. The van der Waals surface area contributed by atoms with Crippen LogP contribution in [-0.4, -0.2) is 28.0 Å². The smallest absolute Gasteiger partial charge is 0.327 e. The molecule has 128 valence electrons. The van der Waals surface area contributed by atoms with E-state index in [2.05, 4.69) is 10.3 Å². The molecule has 1 aliphatic carbocycles. The number of hydrogen-bond donors (Lipinski definition) is 2. The fourth-order valence-electron chi connectivity index (χ4n) is 3.55. The lowest BCUT2D eigenvalue weighted by molar-refractivity contribution is -0.139. The summed E-state index contributed by atoms with van der Waals surface area (Å²) in [5.41, 5.74) is 4.01. The number of nitrogens with zero attached hydrogens (tertiary/aromatic N) is 1. The topological polar surface area (TPSA) is 79.3 Å². The van der Waals surface area contributed by atoms with E-state index in [9.17, 15) is 14.7 Å². The molecule has 1 atom stereocenters. The Morgan fingerprint density at radius 2 is 1.46 bits per heavy atom. The van der Waals surface area contributed by atoms with Crippen LogP contribution >= 0.6 is 0 Å². The Morgan fingerprint density at radius 3 is 2.00 bits per heavy atom. The molecule has 0 fully saturated rings. The van der Waals surface area contributed by atoms with E-state index in [1.165, 1.54) is 6.20 Å². The molecule has 26 heavy (non-hydrogen) atoms. The molecule has 0 bridgehead atoms. The molecule has 1 amide bonds. The summed E-state index contributed by atoms with van der Waals surface area (Å²) in [5, 5.41) is 12.5. The Bertz CT molecular complexity index is 940. The van der Waals surface area contributed by atoms with Crippen LogP contribution in [0.25, 0.3) is 11.1 Å². The van der Waals surface area contributed by atoms with Crippen LogP contribution in [0.5, 0.6) is 0 Å². The predicted molar refractivity (Wildman–Crippen MR) is 96.8 cm³/mol. The second-order valence-corrected chi connectivity index (χ2v) is 6.16. The number of pyridine rings is 1. The number of nitrogens with one attached hydrogen (secondary N) is 1. The SMILES string of the molecule is O=C(N[C@H](C(=O)O)C1c2ccccc2-c2ccccc21)c1ccccn1. The molecule has 0 saturated carbocycles. The van der Waals surface area contributed by atoms with E-state index < -0.39 is 23.8 Å². The van der Waals surface area contributed by atoms with Crippen LogP contribution in [0.4, 0.5) is 0 Å². The van der Waals surface area contributed by atoms with Gasteiger partial charge < -0.3 is 10.4 Å². The number of fused-ring (bicyclic) bond motifs is 3. The zero-order valence-electron chi connectivity index (χ0n) is 13.8. The second-order valence-electron chi connectivity index (χ2n) is 6.16. The summed E-state index contributed by atoms with van der Waals surface area (Å²) in [5.74, 6) is -2.03. The first-order chi connectivity index (χ1) is 12.7. The molecule has 0 spiro atoms. The fourth-order valence-corrected chi connectivity index (χ4v) is 3.55. The maximum Gasteiger partial charge on any atom is 0.327 e. The molecule has 0 radical (unpaired) electrons. The van der Waals surface area contributed by atoms with Crippen molar-refractivity contribution in [1.29, 1.82) is 0 Å². The van der Waals surface area contributed by atoms with E-state index in [-0.39, 0.29) is 5.69 Å². The van der Waals surface area contributed by atoms with Gasteiger partial charge in [0.25, 0.3) is 5.91 Å². The van der Waals surface area contributed by atoms with Crippen LogP contribution in [0.2, 0.25) is 0 Å². The lowest BCUT2D eigenvalue weighted by Crippen LogP contribution is -2.45. The summed E-state index contributed by atoms with van der Waals surface area (Å²) in [6.45, 7) is 0. The van der Waals surface area contributed by atoms with Crippen LogP contribution < -0.4 is 5.32 Å². The Balaban J connectivity index is 1.76. The van der Waals surface area contributed by atoms with Crippen molar-refractivity contribution >= 4 is 11.9 Å². The lowest BCUT2D eigenvalue weighted by Gasteiger charge is -2.23. The van der Waals surface area contributed by atoms with Crippen molar-refractivity contribution in [3.8, 4) is 11.1 Å². The summed E-state index contributed by atoms with van der Waals surface area (Å²) in [6, 6.07) is 19.3. The molecule has 1 aromatic heterocycles. The minimum Gasteiger partial charge on any atom is -0.480 e. The first kappa shape index (κ1) is 16.0. The molecule has 0 aliphatic heterocycles. The molecular weight excluding hydrogens is 328 g/mol. The molecule has 5 nitrogen and oxygen atoms in total. The molecule has 0 unspecified atom stereocenters. The molecule has 0 saturated heterocycles. The van der Waals surface area contributed by atoms with E-state index in [1.54, 1.807) is 18.2 Å². The zero-order valence-corrected chi connectivity index (χ0v) is 13.8. The molecule has 3 aromatic rings. The monoisotopic (exact) mass is 344 g/mol. The average Bonchev–Trinajstić information content (AvgIpc) is 3.01. The number of benzene rings is 2. The Morgan fingerprint density at radius 1 is 0.885 bits per heavy atom.